The van der Waals surface area contributed by atoms with Gasteiger partial charge >= 0.3 is 0 Å². The standard InChI is InChI=1S/C18H13ClN3O3.BrH/c19-15-5-1-3-13(9-15)17-7-8-21(12-20-17)11-18(23)14-4-2-6-16(10-14)22(24)25;/h1-10,12H,11H2;1H/q+1;. The zero-order valence-corrected chi connectivity index (χ0v) is 15.9. The number of carbonyl (C=O) groups is 1. The second-order valence-electron chi connectivity index (χ2n) is 5.36. The van der Waals surface area contributed by atoms with Gasteiger partial charge in [0.2, 0.25) is 5.78 Å². The normalized spacial score (nSPS) is 10.0. The van der Waals surface area contributed by atoms with Crippen LogP contribution in [0.3, 0.4) is 0 Å². The second kappa shape index (κ2) is 8.64. The molecule has 0 N–H and O–H groups in total. The fraction of sp³-hybridized carbons (Fsp3) is 0.0556. The Morgan fingerprint density at radius 2 is 1.92 bits per heavy atom. The molecule has 0 fully saturated rings. The Hall–Kier alpha value is -2.64. The molecule has 8 heteroatoms. The van der Waals surface area contributed by atoms with Crippen LogP contribution in [0.2, 0.25) is 5.02 Å². The van der Waals surface area contributed by atoms with Crippen molar-refractivity contribution >= 4 is 40.1 Å². The van der Waals surface area contributed by atoms with E-state index in [1.54, 1.807) is 35.3 Å². The Morgan fingerprint density at radius 3 is 2.58 bits per heavy atom. The van der Waals surface area contributed by atoms with Gasteiger partial charge in [-0.05, 0) is 17.1 Å². The van der Waals surface area contributed by atoms with Crippen LogP contribution in [0.4, 0.5) is 5.69 Å². The first kappa shape index (κ1) is 19.7. The third-order valence-corrected chi connectivity index (χ3v) is 3.83. The van der Waals surface area contributed by atoms with E-state index >= 15 is 0 Å². The van der Waals surface area contributed by atoms with Gasteiger partial charge < -0.3 is 0 Å². The van der Waals surface area contributed by atoms with Crippen LogP contribution in [-0.4, -0.2) is 15.7 Å². The first-order chi connectivity index (χ1) is 12.0. The fourth-order valence-corrected chi connectivity index (χ4v) is 2.54. The number of carbonyl (C=O) groups excluding carboxylic acids is 1. The van der Waals surface area contributed by atoms with Gasteiger partial charge in [-0.3, -0.25) is 14.9 Å². The van der Waals surface area contributed by atoms with Gasteiger partial charge in [-0.25, -0.2) is 4.57 Å². The summed E-state index contributed by atoms with van der Waals surface area (Å²) in [5.74, 6) is -0.231. The first-order valence-corrected chi connectivity index (χ1v) is 7.79. The number of rotatable bonds is 5. The maximum absolute atomic E-state index is 12.3. The molecular formula is C18H14BrClN3O3+. The van der Waals surface area contributed by atoms with Crippen LogP contribution in [0.1, 0.15) is 10.4 Å². The minimum absolute atomic E-state index is 0. The minimum atomic E-state index is -0.523. The van der Waals surface area contributed by atoms with Crippen LogP contribution in [0.15, 0.2) is 67.1 Å². The molecule has 0 saturated heterocycles. The maximum atomic E-state index is 12.3. The van der Waals surface area contributed by atoms with E-state index < -0.39 is 4.92 Å². The van der Waals surface area contributed by atoms with E-state index in [9.17, 15) is 14.9 Å². The molecule has 0 aliphatic carbocycles. The summed E-state index contributed by atoms with van der Waals surface area (Å²) in [6.07, 6.45) is 3.28. The lowest BCUT2D eigenvalue weighted by Gasteiger charge is -2.01. The van der Waals surface area contributed by atoms with Crippen LogP contribution in [-0.2, 0) is 6.54 Å². The quantitative estimate of drug-likeness (QED) is 0.262. The maximum Gasteiger partial charge on any atom is 0.287 e. The highest BCUT2D eigenvalue weighted by atomic mass is 79.9. The van der Waals surface area contributed by atoms with Crippen molar-refractivity contribution in [3.63, 3.8) is 0 Å². The smallest absolute Gasteiger partial charge is 0.287 e. The van der Waals surface area contributed by atoms with Gasteiger partial charge in [-0.1, -0.05) is 35.9 Å². The molecule has 26 heavy (non-hydrogen) atoms. The molecule has 0 radical (unpaired) electrons. The van der Waals surface area contributed by atoms with Gasteiger partial charge in [0.05, 0.1) is 11.1 Å². The van der Waals surface area contributed by atoms with E-state index in [0.29, 0.717) is 10.6 Å². The molecule has 0 amide bonds. The van der Waals surface area contributed by atoms with Crippen molar-refractivity contribution < 1.29 is 14.3 Å². The van der Waals surface area contributed by atoms with Gasteiger partial charge in [0, 0.05) is 34.3 Å². The summed E-state index contributed by atoms with van der Waals surface area (Å²) >= 11 is 5.97. The number of hydrogen-bond acceptors (Lipinski definition) is 4. The van der Waals surface area contributed by atoms with Crippen molar-refractivity contribution in [2.24, 2.45) is 0 Å². The predicted octanol–water partition coefficient (Wildman–Crippen LogP) is 4.06. The highest BCUT2D eigenvalue weighted by Gasteiger charge is 2.15. The summed E-state index contributed by atoms with van der Waals surface area (Å²) < 4.78 is 1.62. The highest BCUT2D eigenvalue weighted by molar-refractivity contribution is 8.93. The van der Waals surface area contributed by atoms with Gasteiger partial charge in [-0.2, -0.15) is 0 Å². The molecule has 1 aromatic heterocycles. The molecular weight excluding hydrogens is 422 g/mol. The molecule has 3 rings (SSSR count). The average molecular weight is 436 g/mol. The lowest BCUT2D eigenvalue weighted by molar-refractivity contribution is -0.686. The van der Waals surface area contributed by atoms with E-state index in [2.05, 4.69) is 4.98 Å². The van der Waals surface area contributed by atoms with Gasteiger partial charge in [0.1, 0.15) is 0 Å². The van der Waals surface area contributed by atoms with Crippen molar-refractivity contribution in [3.8, 4) is 11.3 Å². The third-order valence-electron chi connectivity index (χ3n) is 3.59. The number of Topliss-reactive ketones (excluding diaryl/α,β-unsaturated/α-hetero) is 1. The number of ketones is 1. The summed E-state index contributed by atoms with van der Waals surface area (Å²) in [5, 5.41) is 11.4. The SMILES string of the molecule is Br.O=C(C[n+]1ccc(-c2cccc(Cl)c2)nc1)c1cccc([N+](=O)[O-])c1. The number of nitro groups is 1. The van der Waals surface area contributed by atoms with Crippen molar-refractivity contribution in [1.29, 1.82) is 0 Å². The average Bonchev–Trinajstić information content (AvgIpc) is 2.62. The molecule has 0 unspecified atom stereocenters. The van der Waals surface area contributed by atoms with E-state index in [1.807, 2.05) is 18.2 Å². The Balaban J connectivity index is 0.00000243. The Morgan fingerprint density at radius 1 is 1.15 bits per heavy atom. The summed E-state index contributed by atoms with van der Waals surface area (Å²) in [5.41, 5.74) is 1.80. The van der Waals surface area contributed by atoms with Crippen LogP contribution in [0.25, 0.3) is 11.3 Å². The largest absolute Gasteiger partial charge is 0.290 e. The van der Waals surface area contributed by atoms with Gasteiger partial charge in [-0.15, -0.1) is 17.0 Å². The Labute approximate surface area is 165 Å². The molecule has 0 saturated carbocycles. The molecule has 3 aromatic rings. The molecule has 0 aliphatic rings. The molecule has 1 heterocycles. The Kier molecular flexibility index (Phi) is 6.54. The lowest BCUT2D eigenvalue weighted by atomic mass is 10.1. The van der Waals surface area contributed by atoms with E-state index in [0.717, 1.165) is 11.3 Å². The highest BCUT2D eigenvalue weighted by Crippen LogP contribution is 2.19. The van der Waals surface area contributed by atoms with Crippen LogP contribution in [0.5, 0.6) is 0 Å². The predicted molar refractivity (Wildman–Crippen MR) is 103 cm³/mol. The van der Waals surface area contributed by atoms with Crippen molar-refractivity contribution in [1.82, 2.24) is 4.98 Å². The number of halogens is 2. The van der Waals surface area contributed by atoms with E-state index in [1.165, 1.54) is 18.2 Å². The summed E-state index contributed by atoms with van der Waals surface area (Å²) in [7, 11) is 0. The van der Waals surface area contributed by atoms with E-state index in [-0.39, 0.29) is 35.0 Å². The molecule has 132 valence electrons. The molecule has 0 bridgehead atoms. The van der Waals surface area contributed by atoms with Crippen molar-refractivity contribution in [2.45, 2.75) is 6.54 Å². The molecule has 0 atom stereocenters. The zero-order valence-electron chi connectivity index (χ0n) is 13.4. The third kappa shape index (κ3) is 4.71. The van der Waals surface area contributed by atoms with Crippen molar-refractivity contribution in [2.75, 3.05) is 0 Å². The Bertz CT molecular complexity index is 948. The number of aromatic nitrogens is 2. The monoisotopic (exact) mass is 434 g/mol. The first-order valence-electron chi connectivity index (χ1n) is 7.41. The van der Waals surface area contributed by atoms with Gasteiger partial charge in [0.25, 0.3) is 12.0 Å². The van der Waals surface area contributed by atoms with Crippen LogP contribution < -0.4 is 4.57 Å². The number of non-ortho nitro benzene ring substituents is 1. The summed E-state index contributed by atoms with van der Waals surface area (Å²) in [6, 6.07) is 14.8. The fourth-order valence-electron chi connectivity index (χ4n) is 2.35. The summed E-state index contributed by atoms with van der Waals surface area (Å²) in [4.78, 5) is 26.9. The van der Waals surface area contributed by atoms with Crippen LogP contribution >= 0.6 is 28.6 Å². The van der Waals surface area contributed by atoms with Gasteiger partial charge in [0.15, 0.2) is 12.2 Å². The van der Waals surface area contributed by atoms with Crippen molar-refractivity contribution in [3.05, 3.63) is 87.8 Å². The topological polar surface area (TPSA) is 77.0 Å². The number of nitrogens with zero attached hydrogens (tertiary/aromatic N) is 3. The summed E-state index contributed by atoms with van der Waals surface area (Å²) in [6.45, 7) is 0.0456. The number of nitro benzene ring substituents is 1. The lowest BCUT2D eigenvalue weighted by Crippen LogP contribution is -2.37. The minimum Gasteiger partial charge on any atom is -0.290 e. The molecule has 0 spiro atoms. The number of benzene rings is 2. The molecule has 6 nitrogen and oxygen atoms in total. The van der Waals surface area contributed by atoms with Crippen LogP contribution in [0, 0.1) is 10.1 Å². The number of hydrogen-bond donors (Lipinski definition) is 0. The molecule has 0 aliphatic heterocycles. The van der Waals surface area contributed by atoms with E-state index in [4.69, 9.17) is 11.6 Å². The zero-order chi connectivity index (χ0) is 17.8. The molecule has 2 aromatic carbocycles. The second-order valence-corrected chi connectivity index (χ2v) is 5.80.